The first kappa shape index (κ1) is 10.7. The minimum Gasteiger partial charge on any atom is -0.392 e. The predicted molar refractivity (Wildman–Crippen MR) is 62.3 cm³/mol. The number of carbonyl (C=O) groups is 1. The lowest BCUT2D eigenvalue weighted by molar-refractivity contribution is 0.0920. The average molecular weight is 218 g/mol. The second kappa shape index (κ2) is 4.37. The summed E-state index contributed by atoms with van der Waals surface area (Å²) in [6.07, 6.45) is -0.534. The van der Waals surface area contributed by atoms with Crippen LogP contribution in [0.2, 0.25) is 0 Å². The summed E-state index contributed by atoms with van der Waals surface area (Å²) in [5.74, 6) is -0.197. The summed E-state index contributed by atoms with van der Waals surface area (Å²) in [6.45, 7) is 1.89. The largest absolute Gasteiger partial charge is 0.392 e. The fourth-order valence-corrected chi connectivity index (χ4v) is 1.53. The van der Waals surface area contributed by atoms with Crippen LogP contribution in [0.4, 0.5) is 0 Å². The first-order valence-corrected chi connectivity index (χ1v) is 5.21. The molecule has 0 fully saturated rings. The van der Waals surface area contributed by atoms with Crippen molar-refractivity contribution in [1.82, 2.24) is 10.3 Å². The van der Waals surface area contributed by atoms with Crippen LogP contribution in [0.1, 0.15) is 17.4 Å². The van der Waals surface area contributed by atoms with E-state index < -0.39 is 6.10 Å². The molecule has 1 amide bonds. The highest BCUT2D eigenvalue weighted by Crippen LogP contribution is 2.14. The van der Waals surface area contributed by atoms with E-state index >= 15 is 0 Å². The summed E-state index contributed by atoms with van der Waals surface area (Å²) in [4.78, 5) is 14.7. The molecular formula is C12H14N2O2. The average Bonchev–Trinajstić information content (AvgIpc) is 2.69. The Hall–Kier alpha value is -1.81. The van der Waals surface area contributed by atoms with Gasteiger partial charge < -0.3 is 15.4 Å². The lowest BCUT2D eigenvalue weighted by atomic mass is 10.2. The van der Waals surface area contributed by atoms with Crippen molar-refractivity contribution in [1.29, 1.82) is 0 Å². The SMILES string of the molecule is C[C@@H](O)CNC(=O)c1cc2ccccc2[nH]1. The summed E-state index contributed by atoms with van der Waals surface area (Å²) in [6, 6.07) is 9.49. The van der Waals surface area contributed by atoms with Crippen molar-refractivity contribution < 1.29 is 9.90 Å². The second-order valence-electron chi connectivity index (χ2n) is 3.83. The van der Waals surface area contributed by atoms with E-state index in [-0.39, 0.29) is 12.5 Å². The predicted octanol–water partition coefficient (Wildman–Crippen LogP) is 1.28. The van der Waals surface area contributed by atoms with Crippen LogP contribution in [0, 0.1) is 0 Å². The fourth-order valence-electron chi connectivity index (χ4n) is 1.53. The molecule has 0 saturated carbocycles. The lowest BCUT2D eigenvalue weighted by Crippen LogP contribution is -2.30. The van der Waals surface area contributed by atoms with Crippen molar-refractivity contribution in [3.05, 3.63) is 36.0 Å². The minimum atomic E-state index is -0.534. The standard InChI is InChI=1S/C12H14N2O2/c1-8(15)7-13-12(16)11-6-9-4-2-3-5-10(9)14-11/h2-6,8,14-15H,7H2,1H3,(H,13,16)/t8-/m1/s1. The number of amides is 1. The second-order valence-corrected chi connectivity index (χ2v) is 3.83. The normalized spacial score (nSPS) is 12.6. The third-order valence-electron chi connectivity index (χ3n) is 2.33. The molecule has 0 aliphatic rings. The molecule has 1 atom stereocenters. The first-order valence-electron chi connectivity index (χ1n) is 5.21. The Morgan fingerprint density at radius 3 is 2.94 bits per heavy atom. The van der Waals surface area contributed by atoms with Crippen LogP contribution in [0.25, 0.3) is 10.9 Å². The van der Waals surface area contributed by atoms with Crippen LogP contribution in [-0.4, -0.2) is 28.6 Å². The van der Waals surface area contributed by atoms with Gasteiger partial charge in [-0.25, -0.2) is 0 Å². The number of carbonyl (C=O) groups excluding carboxylic acids is 1. The molecule has 2 aromatic rings. The molecule has 0 spiro atoms. The smallest absolute Gasteiger partial charge is 0.267 e. The van der Waals surface area contributed by atoms with Gasteiger partial charge in [-0.2, -0.15) is 0 Å². The van der Waals surface area contributed by atoms with Crippen LogP contribution in [0.5, 0.6) is 0 Å². The van der Waals surface area contributed by atoms with Crippen molar-refractivity contribution in [2.24, 2.45) is 0 Å². The van der Waals surface area contributed by atoms with Crippen molar-refractivity contribution in [2.75, 3.05) is 6.54 Å². The summed E-state index contributed by atoms with van der Waals surface area (Å²) in [7, 11) is 0. The van der Waals surface area contributed by atoms with Gasteiger partial charge in [-0.15, -0.1) is 0 Å². The molecular weight excluding hydrogens is 204 g/mol. The number of benzene rings is 1. The molecule has 0 unspecified atom stereocenters. The lowest BCUT2D eigenvalue weighted by Gasteiger charge is -2.05. The highest BCUT2D eigenvalue weighted by molar-refractivity contribution is 5.97. The van der Waals surface area contributed by atoms with Crippen molar-refractivity contribution in [3.8, 4) is 0 Å². The van der Waals surface area contributed by atoms with Crippen LogP contribution in [0.15, 0.2) is 30.3 Å². The van der Waals surface area contributed by atoms with E-state index in [1.165, 1.54) is 0 Å². The third-order valence-corrected chi connectivity index (χ3v) is 2.33. The van der Waals surface area contributed by atoms with Gasteiger partial charge in [0.15, 0.2) is 0 Å². The van der Waals surface area contributed by atoms with Gasteiger partial charge in [0, 0.05) is 17.4 Å². The third kappa shape index (κ3) is 2.23. The summed E-state index contributed by atoms with van der Waals surface area (Å²) in [5.41, 5.74) is 1.45. The van der Waals surface area contributed by atoms with Crippen LogP contribution < -0.4 is 5.32 Å². The summed E-state index contributed by atoms with van der Waals surface area (Å²) >= 11 is 0. The van der Waals surface area contributed by atoms with Gasteiger partial charge in [-0.1, -0.05) is 18.2 Å². The molecule has 1 aromatic heterocycles. The highest BCUT2D eigenvalue weighted by Gasteiger charge is 2.09. The Morgan fingerprint density at radius 1 is 1.50 bits per heavy atom. The maximum atomic E-state index is 11.7. The maximum absolute atomic E-state index is 11.7. The Morgan fingerprint density at radius 2 is 2.25 bits per heavy atom. The molecule has 84 valence electrons. The Kier molecular flexibility index (Phi) is 2.92. The topological polar surface area (TPSA) is 65.1 Å². The number of nitrogens with one attached hydrogen (secondary N) is 2. The number of hydrogen-bond acceptors (Lipinski definition) is 2. The number of fused-ring (bicyclic) bond motifs is 1. The number of rotatable bonds is 3. The highest BCUT2D eigenvalue weighted by atomic mass is 16.3. The number of para-hydroxylation sites is 1. The van der Waals surface area contributed by atoms with E-state index in [0.717, 1.165) is 10.9 Å². The van der Waals surface area contributed by atoms with E-state index in [0.29, 0.717) is 5.69 Å². The molecule has 2 rings (SSSR count). The number of aromatic amines is 1. The van der Waals surface area contributed by atoms with Gasteiger partial charge in [0.2, 0.25) is 0 Å². The van der Waals surface area contributed by atoms with E-state index in [1.54, 1.807) is 13.0 Å². The zero-order chi connectivity index (χ0) is 11.5. The molecule has 4 heteroatoms. The molecule has 1 heterocycles. The number of aliphatic hydroxyl groups is 1. The number of aromatic nitrogens is 1. The summed E-state index contributed by atoms with van der Waals surface area (Å²) in [5, 5.41) is 12.7. The van der Waals surface area contributed by atoms with Crippen LogP contribution in [-0.2, 0) is 0 Å². The first-order chi connectivity index (χ1) is 7.66. The number of aliphatic hydroxyl groups excluding tert-OH is 1. The van der Waals surface area contributed by atoms with E-state index in [2.05, 4.69) is 10.3 Å². The van der Waals surface area contributed by atoms with Gasteiger partial charge in [0.05, 0.1) is 6.10 Å². The van der Waals surface area contributed by atoms with E-state index in [4.69, 9.17) is 5.11 Å². The van der Waals surface area contributed by atoms with Gasteiger partial charge >= 0.3 is 0 Å². The fraction of sp³-hybridized carbons (Fsp3) is 0.250. The van der Waals surface area contributed by atoms with Gasteiger partial charge in [0.1, 0.15) is 5.69 Å². The van der Waals surface area contributed by atoms with E-state index in [9.17, 15) is 4.79 Å². The molecule has 0 bridgehead atoms. The maximum Gasteiger partial charge on any atom is 0.267 e. The van der Waals surface area contributed by atoms with E-state index in [1.807, 2.05) is 24.3 Å². The summed E-state index contributed by atoms with van der Waals surface area (Å²) < 4.78 is 0. The zero-order valence-corrected chi connectivity index (χ0v) is 9.03. The number of H-pyrrole nitrogens is 1. The van der Waals surface area contributed by atoms with Crippen molar-refractivity contribution >= 4 is 16.8 Å². The Bertz CT molecular complexity index is 469. The molecule has 0 radical (unpaired) electrons. The molecule has 1 aromatic carbocycles. The van der Waals surface area contributed by atoms with Crippen LogP contribution >= 0.6 is 0 Å². The Labute approximate surface area is 93.3 Å². The minimum absolute atomic E-state index is 0.197. The molecule has 4 nitrogen and oxygen atoms in total. The molecule has 3 N–H and O–H groups in total. The molecule has 16 heavy (non-hydrogen) atoms. The Balaban J connectivity index is 2.17. The number of hydrogen-bond donors (Lipinski definition) is 3. The van der Waals surface area contributed by atoms with Gasteiger partial charge in [-0.3, -0.25) is 4.79 Å². The van der Waals surface area contributed by atoms with Crippen LogP contribution in [0.3, 0.4) is 0 Å². The molecule has 0 saturated heterocycles. The van der Waals surface area contributed by atoms with Crippen molar-refractivity contribution in [3.63, 3.8) is 0 Å². The van der Waals surface area contributed by atoms with Gasteiger partial charge in [0.25, 0.3) is 5.91 Å². The molecule has 0 aliphatic carbocycles. The monoisotopic (exact) mass is 218 g/mol. The van der Waals surface area contributed by atoms with Crippen molar-refractivity contribution in [2.45, 2.75) is 13.0 Å². The van der Waals surface area contributed by atoms with Gasteiger partial charge in [-0.05, 0) is 19.1 Å². The zero-order valence-electron chi connectivity index (χ0n) is 9.03. The quantitative estimate of drug-likeness (QED) is 0.726. The molecule has 0 aliphatic heterocycles.